The van der Waals surface area contributed by atoms with Gasteiger partial charge in [-0.1, -0.05) is 6.07 Å². The fourth-order valence-electron chi connectivity index (χ4n) is 5.95. The van der Waals surface area contributed by atoms with Gasteiger partial charge in [0.15, 0.2) is 0 Å². The van der Waals surface area contributed by atoms with Crippen molar-refractivity contribution < 1.29 is 4.79 Å². The van der Waals surface area contributed by atoms with Gasteiger partial charge in [-0.05, 0) is 89.6 Å². The van der Waals surface area contributed by atoms with Gasteiger partial charge in [0.1, 0.15) is 5.82 Å². The Kier molecular flexibility index (Phi) is 9.31. The summed E-state index contributed by atoms with van der Waals surface area (Å²) in [6.07, 6.45) is 5.89. The lowest BCUT2D eigenvalue weighted by Gasteiger charge is -2.47. The summed E-state index contributed by atoms with van der Waals surface area (Å²) < 4.78 is 0. The Labute approximate surface area is 222 Å². The van der Waals surface area contributed by atoms with Crippen LogP contribution in [0.15, 0.2) is 30.5 Å². The maximum absolute atomic E-state index is 8.58. The lowest BCUT2D eigenvalue weighted by molar-refractivity contribution is -0.106. The average Bonchev–Trinajstić information content (AvgIpc) is 2.82. The fraction of sp³-hybridized carbons (Fsp3) is 0.552. The molecule has 1 aromatic carbocycles. The zero-order valence-electron chi connectivity index (χ0n) is 23.3. The quantitative estimate of drug-likeness (QED) is 0.297. The van der Waals surface area contributed by atoms with Crippen LogP contribution in [0.4, 0.5) is 11.5 Å². The van der Waals surface area contributed by atoms with Crippen LogP contribution in [-0.4, -0.2) is 60.9 Å². The van der Waals surface area contributed by atoms with E-state index in [4.69, 9.17) is 15.2 Å². The molecular formula is C29H45N7O. The third-order valence-corrected chi connectivity index (χ3v) is 6.95. The summed E-state index contributed by atoms with van der Waals surface area (Å²) in [6.45, 7) is 17.5. The predicted molar refractivity (Wildman–Crippen MR) is 155 cm³/mol. The monoisotopic (exact) mass is 507 g/mol. The molecule has 0 unspecified atom stereocenters. The Morgan fingerprint density at radius 2 is 1.73 bits per heavy atom. The van der Waals surface area contributed by atoms with E-state index in [0.29, 0.717) is 5.92 Å². The van der Waals surface area contributed by atoms with Gasteiger partial charge < -0.3 is 32.0 Å². The second-order valence-electron chi connectivity index (χ2n) is 11.7. The van der Waals surface area contributed by atoms with Gasteiger partial charge in [0.2, 0.25) is 6.41 Å². The summed E-state index contributed by atoms with van der Waals surface area (Å²) >= 11 is 0. The topological polar surface area (TPSA) is 119 Å². The summed E-state index contributed by atoms with van der Waals surface area (Å²) in [5, 5.41) is 19.1. The van der Waals surface area contributed by atoms with E-state index in [2.05, 4.69) is 92.4 Å². The molecule has 8 nitrogen and oxygen atoms in total. The van der Waals surface area contributed by atoms with Gasteiger partial charge in [0.25, 0.3) is 0 Å². The molecule has 37 heavy (non-hydrogen) atoms. The van der Waals surface area contributed by atoms with Crippen LogP contribution in [0.3, 0.4) is 0 Å². The Morgan fingerprint density at radius 1 is 1.11 bits per heavy atom. The van der Waals surface area contributed by atoms with Crippen molar-refractivity contribution in [3.05, 3.63) is 41.6 Å². The van der Waals surface area contributed by atoms with Crippen molar-refractivity contribution in [2.75, 3.05) is 36.4 Å². The number of benzene rings is 1. The molecule has 202 valence electrons. The summed E-state index contributed by atoms with van der Waals surface area (Å²) in [6, 6.07) is 9.15. The van der Waals surface area contributed by atoms with Crippen molar-refractivity contribution in [3.8, 4) is 11.1 Å². The number of rotatable bonds is 6. The number of hydrogen-bond acceptors (Lipinski definition) is 7. The molecule has 0 saturated carbocycles. The lowest BCUT2D eigenvalue weighted by atomic mass is 9.72. The van der Waals surface area contributed by atoms with Crippen LogP contribution < -0.4 is 26.6 Å². The number of pyridine rings is 1. The largest absolute Gasteiger partial charge is 0.382 e. The number of nitrogens with zero attached hydrogens (tertiary/aromatic N) is 2. The van der Waals surface area contributed by atoms with Gasteiger partial charge in [-0.25, -0.2) is 4.98 Å². The SMILES string of the molecule is CC(C)Nc1cc(-c2ccc(N3CCNCC3)nc2)cc(C2CC(C)(C)NC(C)(C)C2)c1C=N.NC=O. The first-order chi connectivity index (χ1) is 17.5. The second kappa shape index (κ2) is 12.0. The number of primary amides is 1. The highest BCUT2D eigenvalue weighted by atomic mass is 16.1. The predicted octanol–water partition coefficient (Wildman–Crippen LogP) is 4.10. The first-order valence-corrected chi connectivity index (χ1v) is 13.3. The molecule has 2 aliphatic heterocycles. The van der Waals surface area contributed by atoms with Crippen molar-refractivity contribution in [2.45, 2.75) is 77.4 Å². The van der Waals surface area contributed by atoms with E-state index in [1.54, 1.807) is 0 Å². The van der Waals surface area contributed by atoms with Crippen molar-refractivity contribution in [1.82, 2.24) is 15.6 Å². The molecule has 1 amide bonds. The van der Waals surface area contributed by atoms with E-state index in [-0.39, 0.29) is 23.5 Å². The minimum Gasteiger partial charge on any atom is -0.382 e. The van der Waals surface area contributed by atoms with Crippen LogP contribution in [0.1, 0.15) is 71.4 Å². The normalized spacial score (nSPS) is 19.1. The molecule has 0 radical (unpaired) electrons. The zero-order chi connectivity index (χ0) is 27.2. The van der Waals surface area contributed by atoms with E-state index in [1.165, 1.54) is 11.8 Å². The molecule has 2 aromatic rings. The molecular weight excluding hydrogens is 462 g/mol. The Hall–Kier alpha value is -2.97. The van der Waals surface area contributed by atoms with E-state index in [0.717, 1.165) is 67.2 Å². The molecule has 0 aliphatic carbocycles. The van der Waals surface area contributed by atoms with E-state index in [9.17, 15) is 0 Å². The number of carbonyl (C=O) groups excluding carboxylic acids is 1. The van der Waals surface area contributed by atoms with Crippen molar-refractivity contribution >= 4 is 24.1 Å². The molecule has 3 heterocycles. The highest BCUT2D eigenvalue weighted by molar-refractivity contribution is 5.91. The maximum Gasteiger partial charge on any atom is 0.204 e. The third-order valence-electron chi connectivity index (χ3n) is 6.95. The molecule has 0 spiro atoms. The molecule has 0 atom stereocenters. The summed E-state index contributed by atoms with van der Waals surface area (Å²) in [5.74, 6) is 1.42. The molecule has 6 N–H and O–H groups in total. The summed E-state index contributed by atoms with van der Waals surface area (Å²) in [4.78, 5) is 15.7. The van der Waals surface area contributed by atoms with E-state index in [1.807, 2.05) is 6.20 Å². The molecule has 0 bridgehead atoms. The van der Waals surface area contributed by atoms with Crippen molar-refractivity contribution in [3.63, 3.8) is 0 Å². The number of aromatic nitrogens is 1. The van der Waals surface area contributed by atoms with Gasteiger partial charge in [-0.15, -0.1) is 0 Å². The van der Waals surface area contributed by atoms with Crippen LogP contribution >= 0.6 is 0 Å². The van der Waals surface area contributed by atoms with Gasteiger partial charge >= 0.3 is 0 Å². The Balaban J connectivity index is 0.00000121. The Bertz CT molecular complexity index is 1040. The van der Waals surface area contributed by atoms with Gasteiger partial charge in [0.05, 0.1) is 0 Å². The van der Waals surface area contributed by atoms with Crippen LogP contribution in [0.5, 0.6) is 0 Å². The van der Waals surface area contributed by atoms with Gasteiger partial charge in [-0.3, -0.25) is 4.79 Å². The molecule has 2 aliphatic rings. The van der Waals surface area contributed by atoms with E-state index < -0.39 is 0 Å². The van der Waals surface area contributed by atoms with Crippen LogP contribution in [0, 0.1) is 5.41 Å². The maximum atomic E-state index is 8.58. The van der Waals surface area contributed by atoms with Crippen LogP contribution in [-0.2, 0) is 4.79 Å². The average molecular weight is 508 g/mol. The molecule has 2 fully saturated rings. The number of piperazine rings is 1. The van der Waals surface area contributed by atoms with E-state index >= 15 is 0 Å². The minimum absolute atomic E-state index is 0.0415. The lowest BCUT2D eigenvalue weighted by Crippen LogP contribution is -2.57. The van der Waals surface area contributed by atoms with Crippen LogP contribution in [0.2, 0.25) is 0 Å². The third kappa shape index (κ3) is 7.52. The summed E-state index contributed by atoms with van der Waals surface area (Å²) in [7, 11) is 0. The number of nitrogens with one attached hydrogen (secondary N) is 4. The van der Waals surface area contributed by atoms with Gasteiger partial charge in [0, 0.05) is 72.5 Å². The smallest absolute Gasteiger partial charge is 0.204 e. The number of carbonyl (C=O) groups is 1. The number of piperidine rings is 1. The molecule has 2 saturated heterocycles. The highest BCUT2D eigenvalue weighted by Crippen LogP contribution is 2.43. The second-order valence-corrected chi connectivity index (χ2v) is 11.7. The Morgan fingerprint density at radius 3 is 2.24 bits per heavy atom. The van der Waals surface area contributed by atoms with Crippen LogP contribution in [0.25, 0.3) is 11.1 Å². The molecule has 1 aromatic heterocycles. The van der Waals surface area contributed by atoms with Crippen molar-refractivity contribution in [2.24, 2.45) is 5.73 Å². The number of nitrogens with two attached hydrogens (primary N) is 1. The standard InChI is InChI=1S/C28H42N6.CH3NO/c1-19(2)32-25-14-21(20-7-8-26(31-18-20)34-11-9-30-10-12-34)13-23(24(25)17-29)22-15-27(3,4)33-28(5,6)16-22;2-1-3/h7-8,13-14,17-19,22,29-30,32-33H,9-12,15-16H2,1-6H3;1H,(H2,2,3). The van der Waals surface area contributed by atoms with Crippen molar-refractivity contribution in [1.29, 1.82) is 5.41 Å². The highest BCUT2D eigenvalue weighted by Gasteiger charge is 2.39. The molecule has 8 heteroatoms. The first-order valence-electron chi connectivity index (χ1n) is 13.3. The minimum atomic E-state index is 0.0415. The number of amides is 1. The number of hydrogen-bond donors (Lipinski definition) is 5. The molecule has 4 rings (SSSR count). The van der Waals surface area contributed by atoms with Gasteiger partial charge in [-0.2, -0.15) is 0 Å². The first kappa shape index (κ1) is 28.6. The summed E-state index contributed by atoms with van der Waals surface area (Å²) in [5.41, 5.74) is 9.86. The number of anilines is 2. The zero-order valence-corrected chi connectivity index (χ0v) is 23.3. The fourth-order valence-corrected chi connectivity index (χ4v) is 5.95.